The van der Waals surface area contributed by atoms with Gasteiger partial charge < -0.3 is 18.9 Å². The van der Waals surface area contributed by atoms with Gasteiger partial charge in [0.25, 0.3) is 5.91 Å². The molecule has 0 aliphatic carbocycles. The Hall–Kier alpha value is -2.76. The van der Waals surface area contributed by atoms with Crippen molar-refractivity contribution in [2.45, 2.75) is 6.54 Å². The molecule has 29 heavy (non-hydrogen) atoms. The van der Waals surface area contributed by atoms with Crippen LogP contribution in [-0.2, 0) is 11.3 Å². The maximum absolute atomic E-state index is 13.3. The van der Waals surface area contributed by atoms with E-state index in [0.29, 0.717) is 50.2 Å². The zero-order valence-corrected chi connectivity index (χ0v) is 16.9. The van der Waals surface area contributed by atoms with E-state index in [-0.39, 0.29) is 5.91 Å². The third-order valence-electron chi connectivity index (χ3n) is 5.01. The second-order valence-electron chi connectivity index (χ2n) is 6.94. The zero-order chi connectivity index (χ0) is 20.2. The van der Waals surface area contributed by atoms with E-state index in [9.17, 15) is 4.79 Å². The Morgan fingerprint density at radius 2 is 1.97 bits per heavy atom. The summed E-state index contributed by atoms with van der Waals surface area (Å²) in [5.74, 6) is 0.740. The molecule has 0 spiro atoms. The van der Waals surface area contributed by atoms with Crippen LogP contribution in [0.3, 0.4) is 0 Å². The Morgan fingerprint density at radius 1 is 1.17 bits per heavy atom. The molecule has 3 aromatic rings. The Balaban J connectivity index is 1.80. The number of fused-ring (bicyclic) bond motifs is 1. The summed E-state index contributed by atoms with van der Waals surface area (Å²) >= 11 is 6.18. The van der Waals surface area contributed by atoms with Crippen LogP contribution >= 0.6 is 11.6 Å². The van der Waals surface area contributed by atoms with Gasteiger partial charge in [-0.1, -0.05) is 42.5 Å². The van der Waals surface area contributed by atoms with Crippen LogP contribution in [0.2, 0.25) is 5.02 Å². The van der Waals surface area contributed by atoms with Gasteiger partial charge in [-0.3, -0.25) is 4.79 Å². The number of hydrogen-bond donors (Lipinski definition) is 0. The predicted molar refractivity (Wildman–Crippen MR) is 115 cm³/mol. The first-order valence-corrected chi connectivity index (χ1v) is 10.0. The summed E-state index contributed by atoms with van der Waals surface area (Å²) in [6.07, 6.45) is 1.71. The van der Waals surface area contributed by atoms with Gasteiger partial charge in [-0.15, -0.1) is 0 Å². The minimum Gasteiger partial charge on any atom is -0.489 e. The topological polar surface area (TPSA) is 43.7 Å². The maximum Gasteiger partial charge on any atom is 0.270 e. The summed E-state index contributed by atoms with van der Waals surface area (Å²) in [6.45, 7) is 6.98. The molecule has 0 unspecified atom stereocenters. The molecule has 1 fully saturated rings. The largest absolute Gasteiger partial charge is 0.489 e. The minimum absolute atomic E-state index is 0.00111. The Bertz CT molecular complexity index is 1040. The minimum atomic E-state index is 0.00111. The van der Waals surface area contributed by atoms with Gasteiger partial charge in [0.05, 0.1) is 18.7 Å². The van der Waals surface area contributed by atoms with Crippen LogP contribution in [0.25, 0.3) is 10.9 Å². The number of halogens is 1. The fourth-order valence-electron chi connectivity index (χ4n) is 3.63. The molecule has 150 valence electrons. The van der Waals surface area contributed by atoms with Crippen LogP contribution in [0.15, 0.2) is 61.2 Å². The second kappa shape index (κ2) is 8.72. The third kappa shape index (κ3) is 4.16. The van der Waals surface area contributed by atoms with E-state index in [2.05, 4.69) is 6.58 Å². The van der Waals surface area contributed by atoms with Crippen molar-refractivity contribution in [3.63, 3.8) is 0 Å². The number of benzene rings is 2. The van der Waals surface area contributed by atoms with Gasteiger partial charge in [0, 0.05) is 30.0 Å². The van der Waals surface area contributed by atoms with Crippen molar-refractivity contribution >= 4 is 28.4 Å². The summed E-state index contributed by atoms with van der Waals surface area (Å²) in [4.78, 5) is 15.2. The summed E-state index contributed by atoms with van der Waals surface area (Å²) < 4.78 is 13.3. The van der Waals surface area contributed by atoms with E-state index >= 15 is 0 Å². The molecule has 2 heterocycles. The third-order valence-corrected chi connectivity index (χ3v) is 5.24. The van der Waals surface area contributed by atoms with E-state index in [0.717, 1.165) is 22.2 Å². The summed E-state index contributed by atoms with van der Waals surface area (Å²) in [7, 11) is 0. The second-order valence-corrected chi connectivity index (χ2v) is 7.38. The monoisotopic (exact) mass is 410 g/mol. The van der Waals surface area contributed by atoms with Gasteiger partial charge in [0.2, 0.25) is 0 Å². The summed E-state index contributed by atoms with van der Waals surface area (Å²) in [6, 6.07) is 15.5. The van der Waals surface area contributed by atoms with E-state index in [1.807, 2.05) is 58.0 Å². The Labute approximate surface area is 175 Å². The van der Waals surface area contributed by atoms with Crippen molar-refractivity contribution in [3.05, 3.63) is 77.5 Å². The molecule has 1 aliphatic heterocycles. The first-order chi connectivity index (χ1) is 14.2. The fraction of sp³-hybridized carbons (Fsp3) is 0.261. The van der Waals surface area contributed by atoms with Crippen molar-refractivity contribution in [3.8, 4) is 5.75 Å². The lowest BCUT2D eigenvalue weighted by atomic mass is 10.2. The van der Waals surface area contributed by atoms with Gasteiger partial charge in [-0.2, -0.15) is 0 Å². The number of hydrogen-bond acceptors (Lipinski definition) is 3. The SMILES string of the molecule is C=CCOc1cccc2c1cc(C(=O)N1CCOCC1)n2Cc1cccc(Cl)c1. The predicted octanol–water partition coefficient (Wildman–Crippen LogP) is 4.38. The molecule has 0 atom stereocenters. The summed E-state index contributed by atoms with van der Waals surface area (Å²) in [5.41, 5.74) is 2.61. The van der Waals surface area contributed by atoms with Crippen LogP contribution in [0.1, 0.15) is 16.1 Å². The number of nitrogens with zero attached hydrogens (tertiary/aromatic N) is 2. The lowest BCUT2D eigenvalue weighted by Crippen LogP contribution is -2.41. The van der Waals surface area contributed by atoms with Crippen LogP contribution in [0, 0.1) is 0 Å². The van der Waals surface area contributed by atoms with Crippen molar-refractivity contribution in [2.75, 3.05) is 32.9 Å². The van der Waals surface area contributed by atoms with Crippen molar-refractivity contribution in [1.29, 1.82) is 0 Å². The van der Waals surface area contributed by atoms with E-state index < -0.39 is 0 Å². The number of amides is 1. The molecular weight excluding hydrogens is 388 g/mol. The van der Waals surface area contributed by atoms with Gasteiger partial charge in [0.1, 0.15) is 18.1 Å². The van der Waals surface area contributed by atoms with Crippen molar-refractivity contribution < 1.29 is 14.3 Å². The lowest BCUT2D eigenvalue weighted by molar-refractivity contribution is 0.0296. The molecule has 0 radical (unpaired) electrons. The van der Waals surface area contributed by atoms with Gasteiger partial charge >= 0.3 is 0 Å². The summed E-state index contributed by atoms with van der Waals surface area (Å²) in [5, 5.41) is 1.59. The first kappa shape index (κ1) is 19.6. The molecule has 0 bridgehead atoms. The Kier molecular flexibility index (Phi) is 5.88. The zero-order valence-electron chi connectivity index (χ0n) is 16.1. The van der Waals surface area contributed by atoms with Crippen molar-refractivity contribution in [1.82, 2.24) is 9.47 Å². The van der Waals surface area contributed by atoms with Crippen LogP contribution < -0.4 is 4.74 Å². The van der Waals surface area contributed by atoms with Gasteiger partial charge in [-0.25, -0.2) is 0 Å². The van der Waals surface area contributed by atoms with E-state index in [1.165, 1.54) is 0 Å². The molecule has 1 amide bonds. The number of morpholine rings is 1. The van der Waals surface area contributed by atoms with Crippen LogP contribution in [-0.4, -0.2) is 48.3 Å². The highest BCUT2D eigenvalue weighted by molar-refractivity contribution is 6.30. The molecule has 0 saturated carbocycles. The van der Waals surface area contributed by atoms with Gasteiger partial charge in [0.15, 0.2) is 0 Å². The first-order valence-electron chi connectivity index (χ1n) is 9.65. The average Bonchev–Trinajstić information content (AvgIpc) is 3.11. The molecule has 1 aromatic heterocycles. The molecular formula is C23H23ClN2O3. The van der Waals surface area contributed by atoms with Crippen LogP contribution in [0.5, 0.6) is 5.75 Å². The van der Waals surface area contributed by atoms with E-state index in [4.69, 9.17) is 21.1 Å². The highest BCUT2D eigenvalue weighted by Gasteiger charge is 2.24. The number of rotatable bonds is 6. The highest BCUT2D eigenvalue weighted by atomic mass is 35.5. The van der Waals surface area contributed by atoms with Crippen molar-refractivity contribution in [2.24, 2.45) is 0 Å². The Morgan fingerprint density at radius 3 is 2.72 bits per heavy atom. The standard InChI is InChI=1S/C23H23ClN2O3/c1-2-11-29-22-8-4-7-20-19(22)15-21(23(27)25-9-12-28-13-10-25)26(20)16-17-5-3-6-18(24)14-17/h2-8,14-15H,1,9-13,16H2. The molecule has 2 aromatic carbocycles. The van der Waals surface area contributed by atoms with E-state index in [1.54, 1.807) is 6.08 Å². The average molecular weight is 411 g/mol. The molecule has 6 heteroatoms. The number of carbonyl (C=O) groups is 1. The quantitative estimate of drug-likeness (QED) is 0.566. The fourth-order valence-corrected chi connectivity index (χ4v) is 3.84. The normalized spacial score (nSPS) is 14.2. The molecule has 4 rings (SSSR count). The van der Waals surface area contributed by atoms with Crippen LogP contribution in [0.4, 0.5) is 0 Å². The van der Waals surface area contributed by atoms with Gasteiger partial charge in [-0.05, 0) is 35.9 Å². The highest BCUT2D eigenvalue weighted by Crippen LogP contribution is 2.31. The molecule has 1 saturated heterocycles. The number of aromatic nitrogens is 1. The number of ether oxygens (including phenoxy) is 2. The number of carbonyl (C=O) groups excluding carboxylic acids is 1. The molecule has 5 nitrogen and oxygen atoms in total. The lowest BCUT2D eigenvalue weighted by Gasteiger charge is -2.27. The molecule has 0 N–H and O–H groups in total. The maximum atomic E-state index is 13.3. The smallest absolute Gasteiger partial charge is 0.270 e. The molecule has 1 aliphatic rings.